The van der Waals surface area contributed by atoms with Crippen LogP contribution in [0.4, 0.5) is 5.69 Å². The SMILES string of the molecule is COCC(C)N(C)c1cc(Br)ccc1C(C)O. The van der Waals surface area contributed by atoms with Gasteiger partial charge >= 0.3 is 0 Å². The number of likely N-dealkylation sites (N-methyl/N-ethyl adjacent to an activating group) is 1. The van der Waals surface area contributed by atoms with Crippen LogP contribution in [0.5, 0.6) is 0 Å². The van der Waals surface area contributed by atoms with Gasteiger partial charge in [-0.25, -0.2) is 0 Å². The summed E-state index contributed by atoms with van der Waals surface area (Å²) in [6, 6.07) is 6.17. The number of nitrogens with zero attached hydrogens (tertiary/aromatic N) is 1. The highest BCUT2D eigenvalue weighted by Crippen LogP contribution is 2.30. The molecule has 96 valence electrons. The zero-order valence-electron chi connectivity index (χ0n) is 10.8. The number of halogens is 1. The van der Waals surface area contributed by atoms with Crippen LogP contribution in [0.2, 0.25) is 0 Å². The van der Waals surface area contributed by atoms with Gasteiger partial charge in [0.05, 0.1) is 12.7 Å². The number of aliphatic hydroxyl groups excluding tert-OH is 1. The second kappa shape index (κ2) is 6.38. The molecule has 0 radical (unpaired) electrons. The summed E-state index contributed by atoms with van der Waals surface area (Å²) in [5.41, 5.74) is 1.96. The molecule has 1 aromatic carbocycles. The lowest BCUT2D eigenvalue weighted by atomic mass is 10.1. The summed E-state index contributed by atoms with van der Waals surface area (Å²) in [5.74, 6) is 0. The highest BCUT2D eigenvalue weighted by atomic mass is 79.9. The van der Waals surface area contributed by atoms with E-state index < -0.39 is 6.10 Å². The molecule has 0 saturated carbocycles. The van der Waals surface area contributed by atoms with Gasteiger partial charge in [-0.1, -0.05) is 22.0 Å². The maximum atomic E-state index is 9.78. The monoisotopic (exact) mass is 301 g/mol. The first-order valence-corrected chi connectivity index (χ1v) is 6.46. The van der Waals surface area contributed by atoms with Crippen LogP contribution >= 0.6 is 15.9 Å². The molecule has 0 bridgehead atoms. The first-order valence-electron chi connectivity index (χ1n) is 5.66. The third-order valence-corrected chi connectivity index (χ3v) is 3.38. The molecule has 1 N–H and O–H groups in total. The van der Waals surface area contributed by atoms with Gasteiger partial charge in [0.1, 0.15) is 0 Å². The average molecular weight is 302 g/mol. The normalized spacial score (nSPS) is 14.5. The van der Waals surface area contributed by atoms with Crippen LogP contribution in [0.1, 0.15) is 25.5 Å². The molecular formula is C13H20BrNO2. The van der Waals surface area contributed by atoms with Gasteiger partial charge in [0.2, 0.25) is 0 Å². The summed E-state index contributed by atoms with van der Waals surface area (Å²) in [4.78, 5) is 2.12. The standard InChI is InChI=1S/C13H20BrNO2/c1-9(8-17-4)15(3)13-7-11(14)5-6-12(13)10(2)16/h5-7,9-10,16H,8H2,1-4H3. The van der Waals surface area contributed by atoms with Crippen LogP contribution in [-0.4, -0.2) is 31.9 Å². The lowest BCUT2D eigenvalue weighted by molar-refractivity contribution is 0.182. The maximum absolute atomic E-state index is 9.78. The Morgan fingerprint density at radius 2 is 2.06 bits per heavy atom. The lowest BCUT2D eigenvalue weighted by Gasteiger charge is -2.29. The molecule has 1 rings (SSSR count). The van der Waals surface area contributed by atoms with Gasteiger partial charge in [-0.2, -0.15) is 0 Å². The molecule has 0 amide bonds. The second-order valence-electron chi connectivity index (χ2n) is 4.29. The highest BCUT2D eigenvalue weighted by molar-refractivity contribution is 9.10. The van der Waals surface area contributed by atoms with Crippen molar-refractivity contribution in [3.05, 3.63) is 28.2 Å². The Labute approximate surface area is 112 Å². The zero-order valence-corrected chi connectivity index (χ0v) is 12.4. The molecule has 0 spiro atoms. The van der Waals surface area contributed by atoms with E-state index in [0.29, 0.717) is 6.61 Å². The zero-order chi connectivity index (χ0) is 13.0. The summed E-state index contributed by atoms with van der Waals surface area (Å²) in [5, 5.41) is 9.78. The van der Waals surface area contributed by atoms with Crippen molar-refractivity contribution in [2.24, 2.45) is 0 Å². The molecule has 17 heavy (non-hydrogen) atoms. The minimum Gasteiger partial charge on any atom is -0.389 e. The summed E-state index contributed by atoms with van der Waals surface area (Å²) < 4.78 is 6.17. The van der Waals surface area contributed by atoms with Crippen molar-refractivity contribution in [2.45, 2.75) is 26.0 Å². The van der Waals surface area contributed by atoms with Gasteiger partial charge in [0.25, 0.3) is 0 Å². The Bertz CT molecular complexity index is 368. The lowest BCUT2D eigenvalue weighted by Crippen LogP contribution is -2.33. The van der Waals surface area contributed by atoms with Crippen molar-refractivity contribution < 1.29 is 9.84 Å². The molecule has 2 atom stereocenters. The van der Waals surface area contributed by atoms with Gasteiger partial charge < -0.3 is 14.7 Å². The van der Waals surface area contributed by atoms with Crippen molar-refractivity contribution in [2.75, 3.05) is 25.7 Å². The quantitative estimate of drug-likeness (QED) is 0.907. The van der Waals surface area contributed by atoms with E-state index in [4.69, 9.17) is 4.74 Å². The molecule has 0 aliphatic rings. The Balaban J connectivity index is 3.05. The van der Waals surface area contributed by atoms with Crippen LogP contribution in [0.25, 0.3) is 0 Å². The van der Waals surface area contributed by atoms with Crippen LogP contribution in [0.3, 0.4) is 0 Å². The number of rotatable bonds is 5. The predicted molar refractivity (Wildman–Crippen MR) is 74.5 cm³/mol. The number of ether oxygens (including phenoxy) is 1. The van der Waals surface area contributed by atoms with E-state index in [0.717, 1.165) is 15.7 Å². The molecule has 3 nitrogen and oxygen atoms in total. The van der Waals surface area contributed by atoms with Crippen LogP contribution in [0.15, 0.2) is 22.7 Å². The molecule has 0 aliphatic heterocycles. The molecule has 0 aliphatic carbocycles. The van der Waals surface area contributed by atoms with Crippen molar-refractivity contribution in [3.63, 3.8) is 0 Å². The summed E-state index contributed by atoms with van der Waals surface area (Å²) in [7, 11) is 3.71. The minimum absolute atomic E-state index is 0.256. The van der Waals surface area contributed by atoms with E-state index in [1.54, 1.807) is 14.0 Å². The topological polar surface area (TPSA) is 32.7 Å². The molecular weight excluding hydrogens is 282 g/mol. The van der Waals surface area contributed by atoms with E-state index >= 15 is 0 Å². The minimum atomic E-state index is -0.477. The van der Waals surface area contributed by atoms with E-state index in [-0.39, 0.29) is 6.04 Å². The van der Waals surface area contributed by atoms with Crippen molar-refractivity contribution in [1.82, 2.24) is 0 Å². The predicted octanol–water partition coefficient (Wildman–Crippen LogP) is 2.97. The number of hydrogen-bond donors (Lipinski definition) is 1. The maximum Gasteiger partial charge on any atom is 0.0782 e. The molecule has 0 saturated heterocycles. The molecule has 2 unspecified atom stereocenters. The van der Waals surface area contributed by atoms with Crippen LogP contribution in [0, 0.1) is 0 Å². The third kappa shape index (κ3) is 3.69. The second-order valence-corrected chi connectivity index (χ2v) is 5.21. The Morgan fingerprint density at radius 3 is 2.59 bits per heavy atom. The average Bonchev–Trinajstić information content (AvgIpc) is 2.27. The van der Waals surface area contributed by atoms with E-state index in [1.807, 2.05) is 25.2 Å². The molecule has 0 heterocycles. The van der Waals surface area contributed by atoms with E-state index in [1.165, 1.54) is 0 Å². The smallest absolute Gasteiger partial charge is 0.0782 e. The highest BCUT2D eigenvalue weighted by Gasteiger charge is 2.16. The summed E-state index contributed by atoms with van der Waals surface area (Å²) >= 11 is 3.46. The largest absolute Gasteiger partial charge is 0.389 e. The Kier molecular flexibility index (Phi) is 5.43. The molecule has 4 heteroatoms. The van der Waals surface area contributed by atoms with Gasteiger partial charge in [-0.3, -0.25) is 0 Å². The number of aliphatic hydroxyl groups is 1. The van der Waals surface area contributed by atoms with Crippen molar-refractivity contribution >= 4 is 21.6 Å². The molecule has 1 aromatic rings. The molecule has 0 aromatic heterocycles. The number of benzene rings is 1. The first kappa shape index (κ1) is 14.5. The van der Waals surface area contributed by atoms with E-state index in [2.05, 4.69) is 27.8 Å². The van der Waals surface area contributed by atoms with E-state index in [9.17, 15) is 5.11 Å². The Hall–Kier alpha value is -0.580. The van der Waals surface area contributed by atoms with Crippen LogP contribution < -0.4 is 4.90 Å². The van der Waals surface area contributed by atoms with Crippen molar-refractivity contribution in [1.29, 1.82) is 0 Å². The number of methoxy groups -OCH3 is 1. The Morgan fingerprint density at radius 1 is 1.41 bits per heavy atom. The first-order chi connectivity index (χ1) is 7.97. The van der Waals surface area contributed by atoms with Gasteiger partial charge in [0, 0.05) is 35.9 Å². The third-order valence-electron chi connectivity index (χ3n) is 2.89. The van der Waals surface area contributed by atoms with Crippen molar-refractivity contribution in [3.8, 4) is 0 Å². The van der Waals surface area contributed by atoms with Crippen LogP contribution in [-0.2, 0) is 4.74 Å². The van der Waals surface area contributed by atoms with Gasteiger partial charge in [0.15, 0.2) is 0 Å². The summed E-state index contributed by atoms with van der Waals surface area (Å²) in [6.07, 6.45) is -0.477. The fourth-order valence-corrected chi connectivity index (χ4v) is 2.11. The fourth-order valence-electron chi connectivity index (χ4n) is 1.77. The molecule has 0 fully saturated rings. The summed E-state index contributed by atoms with van der Waals surface area (Å²) in [6.45, 7) is 4.53. The van der Waals surface area contributed by atoms with Gasteiger partial charge in [-0.05, 0) is 26.0 Å². The fraction of sp³-hybridized carbons (Fsp3) is 0.538. The number of anilines is 1. The van der Waals surface area contributed by atoms with Gasteiger partial charge in [-0.15, -0.1) is 0 Å². The number of hydrogen-bond acceptors (Lipinski definition) is 3.